The highest BCUT2D eigenvalue weighted by atomic mass is 31.2. The van der Waals surface area contributed by atoms with E-state index in [1.54, 1.807) is 0 Å². The number of ether oxygens (including phenoxy) is 2. The molecule has 0 amide bonds. The van der Waals surface area contributed by atoms with Crippen LogP contribution < -0.4 is 0 Å². The summed E-state index contributed by atoms with van der Waals surface area (Å²) in [5.41, 5.74) is 0. The molecule has 326 valence electrons. The van der Waals surface area contributed by atoms with Crippen LogP contribution in [0.2, 0.25) is 0 Å². The summed E-state index contributed by atoms with van der Waals surface area (Å²) >= 11 is 0. The first-order valence-corrected chi connectivity index (χ1v) is 23.3. The molecule has 0 radical (unpaired) electrons. The maximum absolute atomic E-state index is 12.8. The second kappa shape index (κ2) is 32.8. The topological polar surface area (TPSA) is 210 Å². The van der Waals surface area contributed by atoms with E-state index in [0.29, 0.717) is 12.8 Å². The second-order valence-electron chi connectivity index (χ2n) is 15.6. The summed E-state index contributed by atoms with van der Waals surface area (Å²) in [6.45, 7) is 3.29. The highest BCUT2D eigenvalue weighted by molar-refractivity contribution is 7.47. The number of hydrogen-bond donors (Lipinski definition) is 6. The normalized spacial score (nSPS) is 23.0. The van der Waals surface area contributed by atoms with Gasteiger partial charge in [0.15, 0.2) is 6.10 Å². The monoisotopic (exact) mass is 811 g/mol. The van der Waals surface area contributed by atoms with Crippen molar-refractivity contribution >= 4 is 19.8 Å². The van der Waals surface area contributed by atoms with Gasteiger partial charge in [0.1, 0.15) is 43.2 Å². The molecule has 14 heteroatoms. The molecule has 6 N–H and O–H groups in total. The Kier molecular flexibility index (Phi) is 30.9. The summed E-state index contributed by atoms with van der Waals surface area (Å²) in [6, 6.07) is 0. The molecule has 0 heterocycles. The van der Waals surface area contributed by atoms with Crippen LogP contribution >= 0.6 is 7.82 Å². The fourth-order valence-corrected chi connectivity index (χ4v) is 7.85. The first kappa shape index (κ1) is 51.9. The van der Waals surface area contributed by atoms with Crippen LogP contribution in [-0.4, -0.2) is 98.3 Å². The third-order valence-corrected chi connectivity index (χ3v) is 11.4. The van der Waals surface area contributed by atoms with Crippen LogP contribution in [0.3, 0.4) is 0 Å². The molecule has 13 nitrogen and oxygen atoms in total. The molecule has 55 heavy (non-hydrogen) atoms. The van der Waals surface area contributed by atoms with Crippen LogP contribution in [0, 0.1) is 0 Å². The lowest BCUT2D eigenvalue weighted by molar-refractivity contribution is -0.220. The lowest BCUT2D eigenvalue weighted by Crippen LogP contribution is -2.64. The highest BCUT2D eigenvalue weighted by Crippen LogP contribution is 2.47. The van der Waals surface area contributed by atoms with Gasteiger partial charge >= 0.3 is 19.8 Å². The number of unbranched alkanes of at least 4 members (excludes halogenated alkanes) is 24. The average molecular weight is 811 g/mol. The zero-order chi connectivity index (χ0) is 40.7. The number of carbonyl (C=O) groups excluding carboxylic acids is 2. The molecule has 1 fully saturated rings. The molecule has 0 spiro atoms. The van der Waals surface area contributed by atoms with Gasteiger partial charge in [-0.15, -0.1) is 0 Å². The maximum atomic E-state index is 12.8. The summed E-state index contributed by atoms with van der Waals surface area (Å²) in [5, 5.41) is 50.0. The third kappa shape index (κ3) is 25.7. The van der Waals surface area contributed by atoms with Crippen molar-refractivity contribution in [3.63, 3.8) is 0 Å². The molecule has 8 atom stereocenters. The smallest absolute Gasteiger partial charge is 0.462 e. The first-order chi connectivity index (χ1) is 26.4. The van der Waals surface area contributed by atoms with Crippen LogP contribution in [0.5, 0.6) is 0 Å². The van der Waals surface area contributed by atoms with E-state index in [-0.39, 0.29) is 12.8 Å². The zero-order valence-electron chi connectivity index (χ0n) is 34.2. The molecule has 1 rings (SSSR count). The van der Waals surface area contributed by atoms with Gasteiger partial charge in [-0.2, -0.15) is 0 Å². The molecule has 0 aliphatic heterocycles. The Balaban J connectivity index is 2.48. The number of carbonyl (C=O) groups is 2. The van der Waals surface area contributed by atoms with Crippen LogP contribution in [0.1, 0.15) is 194 Å². The first-order valence-electron chi connectivity index (χ1n) is 21.8. The Hall–Kier alpha value is -1.15. The predicted molar refractivity (Wildman–Crippen MR) is 212 cm³/mol. The van der Waals surface area contributed by atoms with Crippen LogP contribution in [0.15, 0.2) is 0 Å². The molecule has 0 aromatic heterocycles. The van der Waals surface area contributed by atoms with E-state index in [4.69, 9.17) is 18.5 Å². The minimum absolute atomic E-state index is 0.104. The van der Waals surface area contributed by atoms with Gasteiger partial charge in [-0.3, -0.25) is 18.6 Å². The van der Waals surface area contributed by atoms with E-state index in [1.807, 2.05) is 0 Å². The van der Waals surface area contributed by atoms with Gasteiger partial charge in [0.2, 0.25) is 0 Å². The van der Waals surface area contributed by atoms with Gasteiger partial charge in [-0.1, -0.05) is 168 Å². The van der Waals surface area contributed by atoms with E-state index >= 15 is 0 Å². The molecule has 1 aliphatic carbocycles. The van der Waals surface area contributed by atoms with Gasteiger partial charge in [0.05, 0.1) is 6.61 Å². The fourth-order valence-electron chi connectivity index (χ4n) is 6.88. The summed E-state index contributed by atoms with van der Waals surface area (Å²) < 4.78 is 33.4. The standard InChI is InChI=1S/C41H79O13P/c1-3-5-7-9-11-13-15-17-19-21-23-25-27-29-34(42)51-31-33(32-52-55(49,50)54-41-39(47)37(45)36(44)38(46)40(41)48)53-35(43)30-28-26-24-22-20-18-16-14-12-10-8-6-4-2/h33,36-41,44-48H,3-32H2,1-2H3,(H,49,50)/t33-,36?,37-,38+,39-,40-,41?/m1/s1. The molecule has 1 saturated carbocycles. The quantitative estimate of drug-likeness (QED) is 0.0204. The van der Waals surface area contributed by atoms with E-state index in [1.165, 1.54) is 116 Å². The molecular formula is C41H79O13P. The van der Waals surface area contributed by atoms with Crippen molar-refractivity contribution in [2.24, 2.45) is 0 Å². The highest BCUT2D eigenvalue weighted by Gasteiger charge is 2.51. The van der Waals surface area contributed by atoms with E-state index < -0.39 is 75.7 Å². The van der Waals surface area contributed by atoms with Crippen molar-refractivity contribution in [1.82, 2.24) is 0 Å². The summed E-state index contributed by atoms with van der Waals surface area (Å²) in [5.74, 6) is -1.09. The van der Waals surface area contributed by atoms with Gasteiger partial charge in [0.25, 0.3) is 0 Å². The summed E-state index contributed by atoms with van der Waals surface area (Å²) in [4.78, 5) is 35.6. The van der Waals surface area contributed by atoms with Crippen molar-refractivity contribution in [2.45, 2.75) is 236 Å². The largest absolute Gasteiger partial charge is 0.472 e. The molecule has 0 aromatic rings. The molecule has 0 bridgehead atoms. The van der Waals surface area contributed by atoms with Crippen LogP contribution in [0.25, 0.3) is 0 Å². The Labute approximate surface area is 331 Å². The van der Waals surface area contributed by atoms with Gasteiger partial charge in [-0.05, 0) is 12.8 Å². The van der Waals surface area contributed by atoms with E-state index in [2.05, 4.69) is 13.8 Å². The van der Waals surface area contributed by atoms with E-state index in [9.17, 15) is 44.6 Å². The molecule has 3 unspecified atom stereocenters. The summed E-state index contributed by atoms with van der Waals surface area (Å²) in [7, 11) is -5.10. The van der Waals surface area contributed by atoms with Crippen molar-refractivity contribution in [3.8, 4) is 0 Å². The molecule has 0 aromatic carbocycles. The Bertz CT molecular complexity index is 985. The van der Waals surface area contributed by atoms with Crippen molar-refractivity contribution < 1.29 is 63.1 Å². The van der Waals surface area contributed by atoms with Crippen molar-refractivity contribution in [3.05, 3.63) is 0 Å². The van der Waals surface area contributed by atoms with Gasteiger partial charge in [-0.25, -0.2) is 4.57 Å². The lowest BCUT2D eigenvalue weighted by Gasteiger charge is -2.41. The minimum atomic E-state index is -5.10. The van der Waals surface area contributed by atoms with Crippen molar-refractivity contribution in [1.29, 1.82) is 0 Å². The van der Waals surface area contributed by atoms with Crippen LogP contribution in [-0.2, 0) is 32.7 Å². The molecule has 0 saturated heterocycles. The number of hydrogen-bond acceptors (Lipinski definition) is 12. The Morgan fingerprint density at radius 1 is 0.491 bits per heavy atom. The Morgan fingerprint density at radius 2 is 0.818 bits per heavy atom. The van der Waals surface area contributed by atoms with E-state index in [0.717, 1.165) is 38.5 Å². The SMILES string of the molecule is CCCCCCCCCCCCCCCC(=O)OC[C@H](COP(=O)(O)OC1[C@H](O)[C@H](O)C(O)[C@H](O)[C@H]1O)OC(=O)CCCCCCCCCCCCCCC. The fraction of sp³-hybridized carbons (Fsp3) is 0.951. The van der Waals surface area contributed by atoms with Crippen LogP contribution in [0.4, 0.5) is 0 Å². The Morgan fingerprint density at radius 3 is 1.20 bits per heavy atom. The number of aliphatic hydroxyl groups excluding tert-OH is 5. The summed E-state index contributed by atoms with van der Waals surface area (Å²) in [6.07, 6.45) is 17.3. The minimum Gasteiger partial charge on any atom is -0.462 e. The predicted octanol–water partition coefficient (Wildman–Crippen LogP) is 7.72. The maximum Gasteiger partial charge on any atom is 0.472 e. The average Bonchev–Trinajstić information content (AvgIpc) is 3.16. The number of rotatable bonds is 36. The third-order valence-electron chi connectivity index (χ3n) is 10.4. The lowest BCUT2D eigenvalue weighted by atomic mass is 9.85. The second-order valence-corrected chi connectivity index (χ2v) is 17.0. The molecule has 1 aliphatic rings. The number of phosphoric acid groups is 1. The van der Waals surface area contributed by atoms with Gasteiger partial charge < -0.3 is 39.9 Å². The number of phosphoric ester groups is 1. The zero-order valence-corrected chi connectivity index (χ0v) is 35.1. The van der Waals surface area contributed by atoms with Gasteiger partial charge in [0, 0.05) is 12.8 Å². The number of aliphatic hydroxyl groups is 5. The number of esters is 2. The molecular weight excluding hydrogens is 731 g/mol. The van der Waals surface area contributed by atoms with Crippen molar-refractivity contribution in [2.75, 3.05) is 13.2 Å².